The van der Waals surface area contributed by atoms with Crippen LogP contribution in [0.5, 0.6) is 0 Å². The van der Waals surface area contributed by atoms with Gasteiger partial charge >= 0.3 is 0 Å². The van der Waals surface area contributed by atoms with E-state index in [1.807, 2.05) is 12.1 Å². The molecule has 1 atom stereocenters. The highest BCUT2D eigenvalue weighted by atomic mass is 19.1. The third-order valence-corrected chi connectivity index (χ3v) is 4.09. The topological polar surface area (TPSA) is 58.4 Å². The third-order valence-electron chi connectivity index (χ3n) is 4.09. The SMILES string of the molecule is CCC(NC1CCN(CC(N)=O)CC1)c1ccccc1F. The van der Waals surface area contributed by atoms with Gasteiger partial charge in [0.15, 0.2) is 0 Å². The Labute approximate surface area is 125 Å². The second kappa shape index (κ2) is 7.52. The van der Waals surface area contributed by atoms with Crippen molar-refractivity contribution in [3.8, 4) is 0 Å². The van der Waals surface area contributed by atoms with Gasteiger partial charge in [-0.1, -0.05) is 25.1 Å². The fourth-order valence-corrected chi connectivity index (χ4v) is 2.95. The molecule has 1 heterocycles. The van der Waals surface area contributed by atoms with Crippen LogP contribution < -0.4 is 11.1 Å². The van der Waals surface area contributed by atoms with Gasteiger partial charge in [0.1, 0.15) is 5.82 Å². The van der Waals surface area contributed by atoms with Crippen LogP contribution in [0.15, 0.2) is 24.3 Å². The minimum absolute atomic E-state index is 0.0406. The fraction of sp³-hybridized carbons (Fsp3) is 0.562. The summed E-state index contributed by atoms with van der Waals surface area (Å²) in [6.45, 7) is 4.10. The first-order chi connectivity index (χ1) is 10.1. The van der Waals surface area contributed by atoms with Crippen LogP contribution in [0.25, 0.3) is 0 Å². The number of piperidine rings is 1. The molecule has 5 heteroatoms. The summed E-state index contributed by atoms with van der Waals surface area (Å²) in [5, 5.41) is 3.55. The molecule has 3 N–H and O–H groups in total. The van der Waals surface area contributed by atoms with Crippen LogP contribution in [-0.4, -0.2) is 36.5 Å². The predicted molar refractivity (Wildman–Crippen MR) is 81.2 cm³/mol. The van der Waals surface area contributed by atoms with Crippen LogP contribution in [0.3, 0.4) is 0 Å². The Bertz CT molecular complexity index is 472. The molecule has 0 saturated carbocycles. The number of nitrogens with two attached hydrogens (primary N) is 1. The molecule has 4 nitrogen and oxygen atoms in total. The summed E-state index contributed by atoms with van der Waals surface area (Å²) in [4.78, 5) is 13.0. The Morgan fingerprint density at radius 3 is 2.67 bits per heavy atom. The number of hydrogen-bond acceptors (Lipinski definition) is 3. The second-order valence-corrected chi connectivity index (χ2v) is 5.67. The number of amides is 1. The van der Waals surface area contributed by atoms with Gasteiger partial charge in [-0.25, -0.2) is 4.39 Å². The summed E-state index contributed by atoms with van der Waals surface area (Å²) in [5.41, 5.74) is 5.95. The van der Waals surface area contributed by atoms with E-state index in [0.29, 0.717) is 12.6 Å². The van der Waals surface area contributed by atoms with Crippen molar-refractivity contribution in [1.29, 1.82) is 0 Å². The molecule has 1 saturated heterocycles. The molecule has 0 aliphatic carbocycles. The molecule has 116 valence electrons. The van der Waals surface area contributed by atoms with Crippen LogP contribution >= 0.6 is 0 Å². The largest absolute Gasteiger partial charge is 0.369 e. The van der Waals surface area contributed by atoms with Crippen molar-refractivity contribution in [2.45, 2.75) is 38.3 Å². The molecule has 1 aliphatic heterocycles. The van der Waals surface area contributed by atoms with Crippen molar-refractivity contribution >= 4 is 5.91 Å². The van der Waals surface area contributed by atoms with E-state index in [1.54, 1.807) is 6.07 Å². The minimum Gasteiger partial charge on any atom is -0.369 e. The van der Waals surface area contributed by atoms with Crippen LogP contribution in [0.4, 0.5) is 4.39 Å². The van der Waals surface area contributed by atoms with Gasteiger partial charge in [0.25, 0.3) is 0 Å². The number of halogens is 1. The Balaban J connectivity index is 1.89. The van der Waals surface area contributed by atoms with Gasteiger partial charge in [-0.15, -0.1) is 0 Å². The van der Waals surface area contributed by atoms with Crippen LogP contribution in [0.1, 0.15) is 37.8 Å². The zero-order valence-electron chi connectivity index (χ0n) is 12.5. The highest BCUT2D eigenvalue weighted by molar-refractivity contribution is 5.75. The highest BCUT2D eigenvalue weighted by Crippen LogP contribution is 2.22. The standard InChI is InChI=1S/C16H24FN3O/c1-2-15(13-5-3-4-6-14(13)17)19-12-7-9-20(10-8-12)11-16(18)21/h3-6,12,15,19H,2,7-11H2,1H3,(H2,18,21). The molecular formula is C16H24FN3O. The molecule has 1 amide bonds. The van der Waals surface area contributed by atoms with E-state index in [1.165, 1.54) is 6.07 Å². The van der Waals surface area contributed by atoms with E-state index >= 15 is 0 Å². The van der Waals surface area contributed by atoms with Crippen LogP contribution in [-0.2, 0) is 4.79 Å². The summed E-state index contributed by atoms with van der Waals surface area (Å²) >= 11 is 0. The molecule has 21 heavy (non-hydrogen) atoms. The first-order valence-corrected chi connectivity index (χ1v) is 7.61. The molecule has 0 spiro atoms. The van der Waals surface area contributed by atoms with Gasteiger partial charge in [0, 0.05) is 30.7 Å². The number of benzene rings is 1. The zero-order chi connectivity index (χ0) is 15.2. The van der Waals surface area contributed by atoms with Gasteiger partial charge in [0.05, 0.1) is 6.54 Å². The van der Waals surface area contributed by atoms with Crippen molar-refractivity contribution in [3.05, 3.63) is 35.6 Å². The van der Waals surface area contributed by atoms with Crippen LogP contribution in [0, 0.1) is 5.82 Å². The van der Waals surface area contributed by atoms with Gasteiger partial charge in [-0.2, -0.15) is 0 Å². The first-order valence-electron chi connectivity index (χ1n) is 7.61. The minimum atomic E-state index is -0.279. The molecule has 0 radical (unpaired) electrons. The number of carbonyl (C=O) groups excluding carboxylic acids is 1. The fourth-order valence-electron chi connectivity index (χ4n) is 2.95. The van der Waals surface area contributed by atoms with Gasteiger partial charge in [-0.3, -0.25) is 9.69 Å². The van der Waals surface area contributed by atoms with E-state index in [-0.39, 0.29) is 17.8 Å². The molecule has 0 aromatic heterocycles. The van der Waals surface area contributed by atoms with E-state index < -0.39 is 0 Å². The zero-order valence-corrected chi connectivity index (χ0v) is 12.5. The highest BCUT2D eigenvalue weighted by Gasteiger charge is 2.23. The van der Waals surface area contributed by atoms with Crippen molar-refractivity contribution in [1.82, 2.24) is 10.2 Å². The maximum atomic E-state index is 13.9. The lowest BCUT2D eigenvalue weighted by molar-refractivity contribution is -0.119. The normalized spacial score (nSPS) is 18.6. The van der Waals surface area contributed by atoms with Gasteiger partial charge in [0.2, 0.25) is 5.91 Å². The number of carbonyl (C=O) groups is 1. The second-order valence-electron chi connectivity index (χ2n) is 5.67. The lowest BCUT2D eigenvalue weighted by Gasteiger charge is -2.34. The molecular weight excluding hydrogens is 269 g/mol. The van der Waals surface area contributed by atoms with Crippen LogP contribution in [0.2, 0.25) is 0 Å². The lowest BCUT2D eigenvalue weighted by atomic mass is 9.99. The summed E-state index contributed by atoms with van der Waals surface area (Å²) in [6, 6.07) is 7.34. The first kappa shape index (κ1) is 15.9. The molecule has 1 aliphatic rings. The van der Waals surface area contributed by atoms with E-state index in [0.717, 1.165) is 37.9 Å². The monoisotopic (exact) mass is 293 g/mol. The van der Waals surface area contributed by atoms with Crippen molar-refractivity contribution in [2.75, 3.05) is 19.6 Å². The average molecular weight is 293 g/mol. The molecule has 2 rings (SSSR count). The molecule has 1 fully saturated rings. The number of nitrogens with one attached hydrogen (secondary N) is 1. The number of nitrogens with zero attached hydrogens (tertiary/aromatic N) is 1. The maximum Gasteiger partial charge on any atom is 0.231 e. The lowest BCUT2D eigenvalue weighted by Crippen LogP contribution is -2.46. The molecule has 1 unspecified atom stereocenters. The molecule has 1 aromatic rings. The van der Waals surface area contributed by atoms with E-state index in [2.05, 4.69) is 17.1 Å². The Kier molecular flexibility index (Phi) is 5.70. The Morgan fingerprint density at radius 2 is 2.10 bits per heavy atom. The number of primary amides is 1. The van der Waals surface area contributed by atoms with Gasteiger partial charge < -0.3 is 11.1 Å². The van der Waals surface area contributed by atoms with Crippen molar-refractivity contribution in [2.24, 2.45) is 5.73 Å². The quantitative estimate of drug-likeness (QED) is 0.841. The average Bonchev–Trinajstić information content (AvgIpc) is 2.47. The van der Waals surface area contributed by atoms with E-state index in [4.69, 9.17) is 5.73 Å². The van der Waals surface area contributed by atoms with Crippen molar-refractivity contribution in [3.63, 3.8) is 0 Å². The maximum absolute atomic E-state index is 13.9. The third kappa shape index (κ3) is 4.51. The number of rotatable bonds is 6. The van der Waals surface area contributed by atoms with Crippen molar-refractivity contribution < 1.29 is 9.18 Å². The Morgan fingerprint density at radius 1 is 1.43 bits per heavy atom. The number of likely N-dealkylation sites (tertiary alicyclic amines) is 1. The summed E-state index contributed by atoms with van der Waals surface area (Å²) in [5.74, 6) is -0.429. The number of hydrogen-bond donors (Lipinski definition) is 2. The molecule has 0 bridgehead atoms. The smallest absolute Gasteiger partial charge is 0.231 e. The summed E-state index contributed by atoms with van der Waals surface area (Å²) in [6.07, 6.45) is 2.76. The molecule has 1 aromatic carbocycles. The van der Waals surface area contributed by atoms with E-state index in [9.17, 15) is 9.18 Å². The summed E-state index contributed by atoms with van der Waals surface area (Å²) < 4.78 is 13.9. The Hall–Kier alpha value is -1.46. The predicted octanol–water partition coefficient (Wildman–Crippen LogP) is 1.82. The summed E-state index contributed by atoms with van der Waals surface area (Å²) in [7, 11) is 0. The van der Waals surface area contributed by atoms with Gasteiger partial charge in [-0.05, 0) is 25.3 Å².